The Morgan fingerprint density at radius 2 is 1.79 bits per heavy atom. The van der Waals surface area contributed by atoms with Gasteiger partial charge in [-0.3, -0.25) is 14.6 Å². The lowest BCUT2D eigenvalue weighted by molar-refractivity contribution is -0.115. The number of thiazole rings is 1. The predicted molar refractivity (Wildman–Crippen MR) is 139 cm³/mol. The van der Waals surface area contributed by atoms with Crippen LogP contribution in [0.15, 0.2) is 57.6 Å². The highest BCUT2D eigenvalue weighted by atomic mass is 32.2. The van der Waals surface area contributed by atoms with Crippen LogP contribution in [0, 0.1) is 5.92 Å². The average molecular weight is 496 g/mol. The van der Waals surface area contributed by atoms with E-state index in [1.54, 1.807) is 28.5 Å². The van der Waals surface area contributed by atoms with Crippen LogP contribution in [0.1, 0.15) is 41.5 Å². The number of fused-ring (bicyclic) bond motifs is 2. The highest BCUT2D eigenvalue weighted by molar-refractivity contribution is 7.99. The molecule has 0 saturated heterocycles. The summed E-state index contributed by atoms with van der Waals surface area (Å²) in [5.74, 6) is 0.211. The van der Waals surface area contributed by atoms with Crippen molar-refractivity contribution in [3.8, 4) is 11.3 Å². The number of para-hydroxylation sites is 1. The molecule has 0 atom stereocenters. The second kappa shape index (κ2) is 9.43. The van der Waals surface area contributed by atoms with Gasteiger partial charge >= 0.3 is 6.09 Å². The van der Waals surface area contributed by atoms with Crippen LogP contribution in [0.5, 0.6) is 0 Å². The number of carbonyl (C=O) groups is 2. The molecule has 3 aromatic rings. The second-order valence-electron chi connectivity index (χ2n) is 9.61. The van der Waals surface area contributed by atoms with Crippen molar-refractivity contribution in [2.75, 3.05) is 16.3 Å². The molecule has 0 spiro atoms. The second-order valence-corrected chi connectivity index (χ2v) is 11.5. The minimum Gasteiger partial charge on any atom is -0.443 e. The molecular formula is C26H29N3O3S2. The Labute approximate surface area is 208 Å². The molecule has 1 aliphatic heterocycles. The summed E-state index contributed by atoms with van der Waals surface area (Å²) >= 11 is 3.06. The molecule has 8 heteroatoms. The number of amides is 2. The van der Waals surface area contributed by atoms with Crippen LogP contribution in [-0.2, 0) is 9.53 Å². The lowest BCUT2D eigenvalue weighted by atomic mass is 10.1. The molecule has 0 bridgehead atoms. The molecule has 0 aliphatic carbocycles. The topological polar surface area (TPSA) is 62.7 Å². The van der Waals surface area contributed by atoms with Gasteiger partial charge < -0.3 is 4.74 Å². The first-order valence-electron chi connectivity index (χ1n) is 11.2. The van der Waals surface area contributed by atoms with Crippen molar-refractivity contribution in [1.82, 2.24) is 4.98 Å². The number of carbonyl (C=O) groups excluding carboxylic acids is 2. The Bertz CT molecular complexity index is 1230. The number of ether oxygens (including phenoxy) is 1. The quantitative estimate of drug-likeness (QED) is 0.378. The molecule has 4 rings (SSSR count). The van der Waals surface area contributed by atoms with Crippen LogP contribution in [0.3, 0.4) is 0 Å². The van der Waals surface area contributed by atoms with Crippen molar-refractivity contribution in [2.45, 2.75) is 56.9 Å². The molecule has 2 aromatic carbocycles. The molecule has 0 N–H and O–H groups in total. The summed E-state index contributed by atoms with van der Waals surface area (Å²) in [5, 5.41) is 2.54. The minimum atomic E-state index is -0.588. The highest BCUT2D eigenvalue weighted by Gasteiger charge is 2.28. The summed E-state index contributed by atoms with van der Waals surface area (Å²) in [7, 11) is 0. The Balaban J connectivity index is 1.68. The molecule has 2 amide bonds. The molecule has 1 aromatic heterocycles. The summed E-state index contributed by atoms with van der Waals surface area (Å²) in [4.78, 5) is 35.7. The standard InChI is InChI=1S/C26H29N3O3S2/c1-16(2)14-28(25(31)32-26(4,5)6)24-27-19(15-33-24)18-11-12-23-21(13-18)29(17(3)30)20-9-7-8-10-22(20)34-23/h7-13,15-16H,14H2,1-6H3. The Morgan fingerprint density at radius 3 is 2.47 bits per heavy atom. The monoisotopic (exact) mass is 495 g/mol. The number of rotatable bonds is 4. The molecule has 178 valence electrons. The van der Waals surface area contributed by atoms with Crippen LogP contribution in [0.25, 0.3) is 11.3 Å². The summed E-state index contributed by atoms with van der Waals surface area (Å²) in [6.07, 6.45) is -0.400. The maximum atomic E-state index is 12.9. The van der Waals surface area contributed by atoms with Crippen LogP contribution in [0.4, 0.5) is 21.3 Å². The summed E-state index contributed by atoms with van der Waals surface area (Å²) in [6.45, 7) is 11.8. The molecule has 0 radical (unpaired) electrons. The van der Waals surface area contributed by atoms with E-state index in [2.05, 4.69) is 13.8 Å². The number of hydrogen-bond acceptors (Lipinski definition) is 6. The van der Waals surface area contributed by atoms with Gasteiger partial charge in [0.1, 0.15) is 5.60 Å². The normalized spacial score (nSPS) is 12.9. The number of nitrogens with zero attached hydrogens (tertiary/aromatic N) is 3. The van der Waals surface area contributed by atoms with E-state index in [1.165, 1.54) is 11.3 Å². The SMILES string of the molecule is CC(=O)N1c2ccccc2Sc2ccc(-c3csc(N(CC(C)C)C(=O)OC(C)(C)C)n3)cc21. The van der Waals surface area contributed by atoms with E-state index in [9.17, 15) is 9.59 Å². The Kier molecular flexibility index (Phi) is 6.73. The van der Waals surface area contributed by atoms with Crippen LogP contribution in [-0.4, -0.2) is 29.1 Å². The van der Waals surface area contributed by atoms with Crippen molar-refractivity contribution in [2.24, 2.45) is 5.92 Å². The van der Waals surface area contributed by atoms with Gasteiger partial charge in [0.05, 0.1) is 17.1 Å². The van der Waals surface area contributed by atoms with Crippen molar-refractivity contribution in [3.63, 3.8) is 0 Å². The number of anilines is 3. The zero-order chi connectivity index (χ0) is 24.6. The first-order chi connectivity index (χ1) is 16.0. The van der Waals surface area contributed by atoms with Gasteiger partial charge in [-0.1, -0.05) is 43.8 Å². The van der Waals surface area contributed by atoms with E-state index < -0.39 is 11.7 Å². The third kappa shape index (κ3) is 5.13. The minimum absolute atomic E-state index is 0.0434. The van der Waals surface area contributed by atoms with Crippen molar-refractivity contribution in [3.05, 3.63) is 47.8 Å². The number of hydrogen-bond donors (Lipinski definition) is 0. The van der Waals surface area contributed by atoms with Gasteiger partial charge in [-0.05, 0) is 51.0 Å². The fourth-order valence-electron chi connectivity index (χ4n) is 3.69. The molecular weight excluding hydrogens is 466 g/mol. The third-order valence-electron chi connectivity index (χ3n) is 5.02. The van der Waals surface area contributed by atoms with E-state index in [-0.39, 0.29) is 11.8 Å². The van der Waals surface area contributed by atoms with E-state index in [0.717, 1.165) is 32.4 Å². The Hall–Kier alpha value is -2.84. The van der Waals surface area contributed by atoms with Crippen molar-refractivity contribution in [1.29, 1.82) is 0 Å². The predicted octanol–water partition coefficient (Wildman–Crippen LogP) is 7.36. The molecule has 0 unspecified atom stereocenters. The fourth-order valence-corrected chi connectivity index (χ4v) is 5.56. The van der Waals surface area contributed by atoms with E-state index in [0.29, 0.717) is 11.7 Å². The first-order valence-corrected chi connectivity index (χ1v) is 12.9. The molecule has 0 fully saturated rings. The van der Waals surface area contributed by atoms with E-state index >= 15 is 0 Å². The smallest absolute Gasteiger partial charge is 0.416 e. The zero-order valence-electron chi connectivity index (χ0n) is 20.3. The highest BCUT2D eigenvalue weighted by Crippen LogP contribution is 2.49. The first kappa shape index (κ1) is 24.3. The molecule has 6 nitrogen and oxygen atoms in total. The van der Waals surface area contributed by atoms with Gasteiger partial charge in [0, 0.05) is 34.2 Å². The lowest BCUT2D eigenvalue weighted by Gasteiger charge is -2.30. The molecule has 1 aliphatic rings. The van der Waals surface area contributed by atoms with Gasteiger partial charge in [-0.15, -0.1) is 11.3 Å². The van der Waals surface area contributed by atoms with Crippen molar-refractivity contribution < 1.29 is 14.3 Å². The van der Waals surface area contributed by atoms with Gasteiger partial charge in [0.25, 0.3) is 0 Å². The van der Waals surface area contributed by atoms with Gasteiger partial charge in [-0.25, -0.2) is 9.78 Å². The molecule has 34 heavy (non-hydrogen) atoms. The van der Waals surface area contributed by atoms with Gasteiger partial charge in [0.15, 0.2) is 5.13 Å². The summed E-state index contributed by atoms with van der Waals surface area (Å²) in [6, 6.07) is 13.9. The van der Waals surface area contributed by atoms with E-state index in [4.69, 9.17) is 9.72 Å². The van der Waals surface area contributed by atoms with Crippen LogP contribution in [0.2, 0.25) is 0 Å². The van der Waals surface area contributed by atoms with Crippen molar-refractivity contribution >= 4 is 51.6 Å². The summed E-state index contributed by atoms with van der Waals surface area (Å²) < 4.78 is 5.62. The van der Waals surface area contributed by atoms with E-state index in [1.807, 2.05) is 68.6 Å². The molecule has 2 heterocycles. The number of aromatic nitrogens is 1. The zero-order valence-corrected chi connectivity index (χ0v) is 21.9. The average Bonchev–Trinajstić information content (AvgIpc) is 3.23. The van der Waals surface area contributed by atoms with Gasteiger partial charge in [-0.2, -0.15) is 0 Å². The van der Waals surface area contributed by atoms with Gasteiger partial charge in [0.2, 0.25) is 5.91 Å². The van der Waals surface area contributed by atoms with Crippen LogP contribution < -0.4 is 9.80 Å². The lowest BCUT2D eigenvalue weighted by Crippen LogP contribution is -2.39. The third-order valence-corrected chi connectivity index (χ3v) is 7.02. The largest absolute Gasteiger partial charge is 0.443 e. The van der Waals surface area contributed by atoms with Crippen LogP contribution >= 0.6 is 23.1 Å². The maximum Gasteiger partial charge on any atom is 0.416 e. The summed E-state index contributed by atoms with van der Waals surface area (Å²) in [5.41, 5.74) is 2.79. The molecule has 0 saturated carbocycles. The maximum absolute atomic E-state index is 12.9. The Morgan fingerprint density at radius 1 is 1.09 bits per heavy atom. The fraction of sp³-hybridized carbons (Fsp3) is 0.346. The number of benzene rings is 2.